The maximum Gasteiger partial charge on any atom is 0.306 e. The van der Waals surface area contributed by atoms with E-state index in [1.165, 1.54) is 193 Å². The molecule has 0 N–H and O–H groups in total. The van der Waals surface area contributed by atoms with Gasteiger partial charge in [-0.1, -0.05) is 257 Å². The number of ether oxygens (including phenoxy) is 3. The average molecular weight is 887 g/mol. The molecule has 0 aromatic carbocycles. The van der Waals surface area contributed by atoms with Crippen LogP contribution < -0.4 is 0 Å². The molecule has 0 aromatic rings. The Morgan fingerprint density at radius 3 is 0.905 bits per heavy atom. The first-order chi connectivity index (χ1) is 31.0. The lowest BCUT2D eigenvalue weighted by Gasteiger charge is -2.18. The first-order valence-electron chi connectivity index (χ1n) is 27.8. The van der Waals surface area contributed by atoms with Crippen molar-refractivity contribution >= 4 is 17.9 Å². The number of esters is 3. The summed E-state index contributed by atoms with van der Waals surface area (Å²) in [6.07, 6.45) is 60.7. The molecule has 0 bridgehead atoms. The van der Waals surface area contributed by atoms with Gasteiger partial charge in [0, 0.05) is 19.3 Å². The van der Waals surface area contributed by atoms with Crippen molar-refractivity contribution in [1.82, 2.24) is 0 Å². The minimum Gasteiger partial charge on any atom is -0.462 e. The van der Waals surface area contributed by atoms with Crippen molar-refractivity contribution in [2.45, 2.75) is 309 Å². The molecule has 1 unspecified atom stereocenters. The summed E-state index contributed by atoms with van der Waals surface area (Å²) in [5.74, 6) is -0.871. The summed E-state index contributed by atoms with van der Waals surface area (Å²) in [7, 11) is 0. The van der Waals surface area contributed by atoms with Crippen LogP contribution in [0.3, 0.4) is 0 Å². The summed E-state index contributed by atoms with van der Waals surface area (Å²) in [4.78, 5) is 37.7. The minimum atomic E-state index is -0.766. The van der Waals surface area contributed by atoms with Crippen LogP contribution in [0.15, 0.2) is 24.3 Å². The van der Waals surface area contributed by atoms with Crippen molar-refractivity contribution < 1.29 is 28.6 Å². The molecule has 0 radical (unpaired) electrons. The van der Waals surface area contributed by atoms with Gasteiger partial charge in [-0.2, -0.15) is 0 Å². The van der Waals surface area contributed by atoms with E-state index in [2.05, 4.69) is 45.1 Å². The lowest BCUT2D eigenvalue weighted by atomic mass is 10.0. The first-order valence-corrected chi connectivity index (χ1v) is 27.8. The molecule has 370 valence electrons. The first kappa shape index (κ1) is 60.9. The summed E-state index contributed by atoms with van der Waals surface area (Å²) < 4.78 is 16.7. The quantitative estimate of drug-likeness (QED) is 0.0262. The standard InChI is InChI=1S/C57H106O6/c1-4-7-10-13-15-17-19-21-23-25-27-28-30-31-33-35-37-39-41-44-47-50-56(59)62-53-54(52-61-55(58)49-46-43-12-9-6-3)63-57(60)51-48-45-42-40-38-36-34-32-29-26-24-22-20-18-16-14-11-8-5-2/h16,18,22,24,54H,4-15,17,19-21,23,25-53H2,1-3H3/b18-16-,24-22-. The highest BCUT2D eigenvalue weighted by atomic mass is 16.6. The second-order valence-electron chi connectivity index (χ2n) is 18.9. The molecule has 0 fully saturated rings. The van der Waals surface area contributed by atoms with Crippen LogP contribution in [0.2, 0.25) is 0 Å². The number of allylic oxidation sites excluding steroid dienone is 4. The van der Waals surface area contributed by atoms with Crippen LogP contribution in [-0.4, -0.2) is 37.2 Å². The van der Waals surface area contributed by atoms with Crippen molar-refractivity contribution in [3.63, 3.8) is 0 Å². The minimum absolute atomic E-state index is 0.0690. The second-order valence-corrected chi connectivity index (χ2v) is 18.9. The van der Waals surface area contributed by atoms with Gasteiger partial charge in [-0.25, -0.2) is 0 Å². The van der Waals surface area contributed by atoms with Crippen LogP contribution >= 0.6 is 0 Å². The van der Waals surface area contributed by atoms with Crippen LogP contribution in [0.4, 0.5) is 0 Å². The zero-order chi connectivity index (χ0) is 45.8. The fraction of sp³-hybridized carbons (Fsp3) is 0.877. The molecule has 0 aliphatic rings. The lowest BCUT2D eigenvalue weighted by molar-refractivity contribution is -0.167. The maximum atomic E-state index is 12.8. The predicted molar refractivity (Wildman–Crippen MR) is 270 cm³/mol. The molecule has 0 aromatic heterocycles. The van der Waals surface area contributed by atoms with E-state index < -0.39 is 6.10 Å². The molecular weight excluding hydrogens is 781 g/mol. The monoisotopic (exact) mass is 887 g/mol. The smallest absolute Gasteiger partial charge is 0.306 e. The summed E-state index contributed by atoms with van der Waals surface area (Å²) in [6, 6.07) is 0. The van der Waals surface area contributed by atoms with Gasteiger partial charge in [0.05, 0.1) is 0 Å². The van der Waals surface area contributed by atoms with E-state index in [9.17, 15) is 14.4 Å². The van der Waals surface area contributed by atoms with Crippen molar-refractivity contribution in [2.75, 3.05) is 13.2 Å². The van der Waals surface area contributed by atoms with E-state index in [4.69, 9.17) is 14.2 Å². The third kappa shape index (κ3) is 50.7. The third-order valence-electron chi connectivity index (χ3n) is 12.5. The summed E-state index contributed by atoms with van der Waals surface area (Å²) >= 11 is 0. The molecule has 0 aliphatic heterocycles. The molecule has 0 heterocycles. The van der Waals surface area contributed by atoms with Gasteiger partial charge >= 0.3 is 17.9 Å². The largest absolute Gasteiger partial charge is 0.462 e. The molecule has 1 atom stereocenters. The fourth-order valence-corrected chi connectivity index (χ4v) is 8.24. The Morgan fingerprint density at radius 1 is 0.317 bits per heavy atom. The molecule has 0 spiro atoms. The molecule has 6 heteroatoms. The SMILES string of the molecule is CCCCC/C=C\C/C=C\CCCCCCCCCCCC(=O)OC(COC(=O)CCCCCCC)COC(=O)CCCCCCCCCCCCCCCCCCCCCCC. The number of unbranched alkanes of at least 4 members (excludes halogenated alkanes) is 36. The average Bonchev–Trinajstić information content (AvgIpc) is 3.28. The molecule has 6 nitrogen and oxygen atoms in total. The summed E-state index contributed by atoms with van der Waals surface area (Å²) in [5, 5.41) is 0. The molecular formula is C57H106O6. The van der Waals surface area contributed by atoms with Crippen LogP contribution in [-0.2, 0) is 28.6 Å². The van der Waals surface area contributed by atoms with Gasteiger partial charge in [-0.3, -0.25) is 14.4 Å². The Hall–Kier alpha value is -2.11. The van der Waals surface area contributed by atoms with E-state index in [-0.39, 0.29) is 31.1 Å². The normalized spacial score (nSPS) is 12.1. The zero-order valence-electron chi connectivity index (χ0n) is 42.4. The van der Waals surface area contributed by atoms with Gasteiger partial charge in [-0.05, 0) is 51.4 Å². The number of rotatable bonds is 51. The van der Waals surface area contributed by atoms with Crippen molar-refractivity contribution in [3.8, 4) is 0 Å². The molecule has 63 heavy (non-hydrogen) atoms. The van der Waals surface area contributed by atoms with Crippen LogP contribution in [0.25, 0.3) is 0 Å². The second kappa shape index (κ2) is 52.5. The lowest BCUT2D eigenvalue weighted by Crippen LogP contribution is -2.30. The Balaban J connectivity index is 4.07. The number of carbonyl (C=O) groups excluding carboxylic acids is 3. The van der Waals surface area contributed by atoms with E-state index in [1.54, 1.807) is 0 Å². The number of carbonyl (C=O) groups is 3. The van der Waals surface area contributed by atoms with Crippen LogP contribution in [0.5, 0.6) is 0 Å². The molecule has 0 amide bonds. The van der Waals surface area contributed by atoms with Crippen molar-refractivity contribution in [2.24, 2.45) is 0 Å². The summed E-state index contributed by atoms with van der Waals surface area (Å²) in [5.41, 5.74) is 0. The Labute approximate surface area is 392 Å². The molecule has 0 rings (SSSR count). The van der Waals surface area contributed by atoms with Gasteiger partial charge in [0.2, 0.25) is 0 Å². The Morgan fingerprint density at radius 2 is 0.571 bits per heavy atom. The number of hydrogen-bond acceptors (Lipinski definition) is 6. The van der Waals surface area contributed by atoms with E-state index >= 15 is 0 Å². The van der Waals surface area contributed by atoms with Crippen molar-refractivity contribution in [3.05, 3.63) is 24.3 Å². The zero-order valence-corrected chi connectivity index (χ0v) is 42.4. The van der Waals surface area contributed by atoms with E-state index in [1.807, 2.05) is 0 Å². The van der Waals surface area contributed by atoms with Gasteiger partial charge in [0.1, 0.15) is 13.2 Å². The maximum absolute atomic E-state index is 12.8. The van der Waals surface area contributed by atoms with Crippen LogP contribution in [0.1, 0.15) is 303 Å². The van der Waals surface area contributed by atoms with Gasteiger partial charge < -0.3 is 14.2 Å². The number of hydrogen-bond donors (Lipinski definition) is 0. The van der Waals surface area contributed by atoms with Gasteiger partial charge in [0.15, 0.2) is 6.10 Å². The van der Waals surface area contributed by atoms with E-state index in [0.29, 0.717) is 19.3 Å². The molecule has 0 aliphatic carbocycles. The van der Waals surface area contributed by atoms with Crippen molar-refractivity contribution in [1.29, 1.82) is 0 Å². The Kier molecular flexibility index (Phi) is 50.8. The highest BCUT2D eigenvalue weighted by Gasteiger charge is 2.19. The fourth-order valence-electron chi connectivity index (χ4n) is 8.24. The topological polar surface area (TPSA) is 78.9 Å². The molecule has 0 saturated heterocycles. The highest BCUT2D eigenvalue weighted by molar-refractivity contribution is 5.71. The predicted octanol–water partition coefficient (Wildman–Crippen LogP) is 18.3. The molecule has 0 saturated carbocycles. The van der Waals surface area contributed by atoms with Crippen LogP contribution in [0, 0.1) is 0 Å². The van der Waals surface area contributed by atoms with Gasteiger partial charge in [-0.15, -0.1) is 0 Å². The summed E-state index contributed by atoms with van der Waals surface area (Å²) in [6.45, 7) is 6.57. The van der Waals surface area contributed by atoms with E-state index in [0.717, 1.165) is 70.6 Å². The Bertz CT molecular complexity index is 1020. The highest BCUT2D eigenvalue weighted by Crippen LogP contribution is 2.17. The third-order valence-corrected chi connectivity index (χ3v) is 12.5. The van der Waals surface area contributed by atoms with Gasteiger partial charge in [0.25, 0.3) is 0 Å².